The van der Waals surface area contributed by atoms with Crippen LogP contribution in [0, 0.1) is 20.8 Å². The number of ether oxygens (including phenoxy) is 1. The molecule has 0 unspecified atom stereocenters. The smallest absolute Gasteiger partial charge is 0.137 e. The van der Waals surface area contributed by atoms with E-state index in [1.807, 2.05) is 24.4 Å². The summed E-state index contributed by atoms with van der Waals surface area (Å²) >= 11 is 0. The van der Waals surface area contributed by atoms with Crippen LogP contribution < -0.4 is 9.64 Å². The molecule has 0 aliphatic heterocycles. The molecule has 0 atom stereocenters. The molecule has 3 heterocycles. The van der Waals surface area contributed by atoms with Gasteiger partial charge in [0, 0.05) is 60.1 Å². The predicted molar refractivity (Wildman–Crippen MR) is 204 cm³/mol. The lowest BCUT2D eigenvalue weighted by Gasteiger charge is -2.21. The molecule has 0 saturated heterocycles. The van der Waals surface area contributed by atoms with Gasteiger partial charge in [0.25, 0.3) is 0 Å². The molecule has 4 aromatic carbocycles. The second kappa shape index (κ2) is 13.3. The molecule has 0 radical (unpaired) electrons. The van der Waals surface area contributed by atoms with Gasteiger partial charge in [-0.05, 0) is 110 Å². The quantitative estimate of drug-likeness (QED) is 0.148. The Kier molecular flexibility index (Phi) is 8.72. The largest absolute Gasteiger partial charge is 0.457 e. The first-order valence-electron chi connectivity index (χ1n) is 17.4. The van der Waals surface area contributed by atoms with Gasteiger partial charge >= 0.3 is 0 Å². The third kappa shape index (κ3) is 5.97. The molecule has 0 amide bonds. The van der Waals surface area contributed by atoms with E-state index in [1.54, 1.807) is 0 Å². The number of rotatable bonds is 10. The first-order chi connectivity index (χ1) is 23.8. The van der Waals surface area contributed by atoms with Crippen LogP contribution in [-0.2, 0) is 12.8 Å². The molecular formula is C43H45N5O. The van der Waals surface area contributed by atoms with Gasteiger partial charge in [0.15, 0.2) is 0 Å². The maximum Gasteiger partial charge on any atom is 0.137 e. The van der Waals surface area contributed by atoms with Gasteiger partial charge in [-0.25, -0.2) is 9.67 Å². The fourth-order valence-corrected chi connectivity index (χ4v) is 7.24. The molecule has 0 fully saturated rings. The summed E-state index contributed by atoms with van der Waals surface area (Å²) < 4.78 is 10.9. The first kappa shape index (κ1) is 32.2. The molecule has 248 valence electrons. The summed E-state index contributed by atoms with van der Waals surface area (Å²) in [6, 6.07) is 32.0. The summed E-state index contributed by atoms with van der Waals surface area (Å²) in [5.74, 6) is 2.42. The number of fused-ring (bicyclic) bond motifs is 3. The molecule has 0 spiro atoms. The van der Waals surface area contributed by atoms with Gasteiger partial charge in [-0.3, -0.25) is 4.57 Å². The summed E-state index contributed by atoms with van der Waals surface area (Å²) in [6.45, 7) is 11.0. The van der Waals surface area contributed by atoms with Crippen molar-refractivity contribution in [3.05, 3.63) is 125 Å². The zero-order valence-corrected chi connectivity index (χ0v) is 29.7. The molecule has 0 aliphatic rings. The Bertz CT molecular complexity index is 2280. The van der Waals surface area contributed by atoms with Gasteiger partial charge in [0.05, 0.1) is 22.4 Å². The maximum absolute atomic E-state index is 6.58. The fourth-order valence-electron chi connectivity index (χ4n) is 7.24. The molecular weight excluding hydrogens is 603 g/mol. The summed E-state index contributed by atoms with van der Waals surface area (Å²) in [7, 11) is 4.26. The Labute approximate surface area is 289 Å². The highest BCUT2D eigenvalue weighted by Gasteiger charge is 2.22. The Balaban J connectivity index is 1.28. The number of aromatic nitrogens is 4. The lowest BCUT2D eigenvalue weighted by atomic mass is 9.88. The van der Waals surface area contributed by atoms with E-state index in [4.69, 9.17) is 14.8 Å². The van der Waals surface area contributed by atoms with Gasteiger partial charge in [0.1, 0.15) is 17.3 Å². The number of hydrogen-bond acceptors (Lipinski definition) is 4. The summed E-state index contributed by atoms with van der Waals surface area (Å²) in [5.41, 5.74) is 13.2. The van der Waals surface area contributed by atoms with Crippen molar-refractivity contribution in [3.63, 3.8) is 0 Å². The number of hydrogen-bond donors (Lipinski definition) is 0. The molecule has 0 aliphatic carbocycles. The highest BCUT2D eigenvalue weighted by Crippen LogP contribution is 2.39. The predicted octanol–water partition coefficient (Wildman–Crippen LogP) is 10.7. The molecule has 6 nitrogen and oxygen atoms in total. The molecule has 0 saturated carbocycles. The van der Waals surface area contributed by atoms with Crippen LogP contribution >= 0.6 is 0 Å². The molecule has 6 heteroatoms. The molecule has 49 heavy (non-hydrogen) atoms. The Morgan fingerprint density at radius 1 is 0.694 bits per heavy atom. The van der Waals surface area contributed by atoms with Crippen molar-refractivity contribution in [2.45, 2.75) is 60.3 Å². The highest BCUT2D eigenvalue weighted by atomic mass is 16.5. The van der Waals surface area contributed by atoms with Crippen molar-refractivity contribution < 1.29 is 4.74 Å². The van der Waals surface area contributed by atoms with Crippen LogP contribution in [0.4, 0.5) is 5.69 Å². The van der Waals surface area contributed by atoms with Gasteiger partial charge in [-0.2, -0.15) is 5.10 Å². The van der Waals surface area contributed by atoms with Crippen LogP contribution in [0.3, 0.4) is 0 Å². The SMILES string of the molecule is CCCc1cc(N(C)C)cc(CCC)c1-c1c(C)nn(-c2cccc(Oc3ccc4c5ccccc5n(-c5cc(C)ccn5)c4c3)c2)c1C. The Morgan fingerprint density at radius 3 is 2.12 bits per heavy atom. The molecule has 7 aromatic rings. The van der Waals surface area contributed by atoms with Crippen molar-refractivity contribution in [3.8, 4) is 34.1 Å². The summed E-state index contributed by atoms with van der Waals surface area (Å²) in [5, 5.41) is 7.48. The molecule has 0 N–H and O–H groups in total. The number of benzene rings is 4. The van der Waals surface area contributed by atoms with E-state index in [0.29, 0.717) is 0 Å². The van der Waals surface area contributed by atoms with Crippen LogP contribution in [0.2, 0.25) is 0 Å². The zero-order valence-electron chi connectivity index (χ0n) is 29.7. The second-order valence-corrected chi connectivity index (χ2v) is 13.3. The van der Waals surface area contributed by atoms with E-state index < -0.39 is 0 Å². The van der Waals surface area contributed by atoms with Gasteiger partial charge in [0.2, 0.25) is 0 Å². The van der Waals surface area contributed by atoms with E-state index in [1.165, 1.54) is 44.3 Å². The van der Waals surface area contributed by atoms with E-state index in [9.17, 15) is 0 Å². The minimum Gasteiger partial charge on any atom is -0.457 e. The van der Waals surface area contributed by atoms with Crippen LogP contribution in [-0.4, -0.2) is 33.4 Å². The number of pyridine rings is 1. The van der Waals surface area contributed by atoms with Crippen molar-refractivity contribution in [2.24, 2.45) is 0 Å². The zero-order chi connectivity index (χ0) is 34.2. The van der Waals surface area contributed by atoms with Gasteiger partial charge < -0.3 is 9.64 Å². The van der Waals surface area contributed by atoms with E-state index in [-0.39, 0.29) is 0 Å². The van der Waals surface area contributed by atoms with Crippen molar-refractivity contribution >= 4 is 27.5 Å². The van der Waals surface area contributed by atoms with Crippen molar-refractivity contribution in [1.82, 2.24) is 19.3 Å². The minimum absolute atomic E-state index is 0.760. The van der Waals surface area contributed by atoms with Crippen molar-refractivity contribution in [2.75, 3.05) is 19.0 Å². The van der Waals surface area contributed by atoms with E-state index in [2.05, 4.69) is 136 Å². The monoisotopic (exact) mass is 647 g/mol. The van der Waals surface area contributed by atoms with E-state index in [0.717, 1.165) is 71.1 Å². The second-order valence-electron chi connectivity index (χ2n) is 13.3. The average molecular weight is 648 g/mol. The lowest BCUT2D eigenvalue weighted by molar-refractivity contribution is 0.482. The fraction of sp³-hybridized carbons (Fsp3) is 0.256. The van der Waals surface area contributed by atoms with E-state index >= 15 is 0 Å². The topological polar surface area (TPSA) is 48.1 Å². The number of nitrogens with zero attached hydrogens (tertiary/aromatic N) is 5. The lowest BCUT2D eigenvalue weighted by Crippen LogP contribution is -2.11. The minimum atomic E-state index is 0.760. The normalized spacial score (nSPS) is 11.5. The number of anilines is 1. The van der Waals surface area contributed by atoms with Gasteiger partial charge in [-0.1, -0.05) is 51.0 Å². The summed E-state index contributed by atoms with van der Waals surface area (Å²) in [6.07, 6.45) is 6.12. The molecule has 7 rings (SSSR count). The van der Waals surface area contributed by atoms with Crippen LogP contribution in [0.1, 0.15) is 54.8 Å². The molecule has 0 bridgehead atoms. The van der Waals surface area contributed by atoms with Crippen molar-refractivity contribution in [1.29, 1.82) is 0 Å². The number of para-hydroxylation sites is 1. The third-order valence-corrected chi connectivity index (χ3v) is 9.46. The highest BCUT2D eigenvalue weighted by molar-refractivity contribution is 6.09. The molecule has 3 aromatic heterocycles. The Hall–Kier alpha value is -5.36. The van der Waals surface area contributed by atoms with Crippen LogP contribution in [0.5, 0.6) is 11.5 Å². The number of aryl methyl sites for hydroxylation is 4. The first-order valence-corrected chi connectivity index (χ1v) is 17.4. The summed E-state index contributed by atoms with van der Waals surface area (Å²) in [4.78, 5) is 6.95. The average Bonchev–Trinajstić information content (AvgIpc) is 3.57. The Morgan fingerprint density at radius 2 is 1.41 bits per heavy atom. The standard InChI is InChI=1S/C43H45N5O/c1-8-13-31-24-34(46(6)7)25-32(14-9-2)43(31)42-29(4)45-48(30(42)5)33-15-12-16-35(26-33)49-36-19-20-38-37-17-10-11-18-39(37)47(40(38)27-36)41-23-28(3)21-22-44-41/h10-12,15-27H,8-9,13-14H2,1-7H3. The van der Waals surface area contributed by atoms with Gasteiger partial charge in [-0.15, -0.1) is 0 Å². The van der Waals surface area contributed by atoms with Crippen LogP contribution in [0.15, 0.2) is 97.2 Å². The maximum atomic E-state index is 6.58. The van der Waals surface area contributed by atoms with Crippen LogP contribution in [0.25, 0.3) is 44.4 Å². The third-order valence-electron chi connectivity index (χ3n) is 9.46.